The van der Waals surface area contributed by atoms with Crippen molar-refractivity contribution < 1.29 is 55.7 Å². The van der Waals surface area contributed by atoms with Crippen LogP contribution in [0.4, 0.5) is 18.9 Å². The molecular formula is C50H58Cl3F3N4O11. The molecule has 0 bridgehead atoms. The summed E-state index contributed by atoms with van der Waals surface area (Å²) in [6.45, 7) is 12.0. The van der Waals surface area contributed by atoms with Crippen molar-refractivity contribution in [3.8, 4) is 17.2 Å². The van der Waals surface area contributed by atoms with Crippen molar-refractivity contribution in [2.75, 3.05) is 38.3 Å². The van der Waals surface area contributed by atoms with Crippen molar-refractivity contribution in [1.29, 1.82) is 0 Å². The maximum Gasteiger partial charge on any atom is 0.431 e. The lowest BCUT2D eigenvalue weighted by Gasteiger charge is -2.29. The summed E-state index contributed by atoms with van der Waals surface area (Å²) in [4.78, 5) is 62.3. The number of hydrogen-bond donors (Lipinski definition) is 0. The predicted octanol–water partition coefficient (Wildman–Crippen LogP) is 9.34. The molecule has 71 heavy (non-hydrogen) atoms. The molecule has 0 saturated carbocycles. The highest BCUT2D eigenvalue weighted by Crippen LogP contribution is 2.37. The molecule has 3 aromatic carbocycles. The summed E-state index contributed by atoms with van der Waals surface area (Å²) in [5.74, 6) is 0.482. The maximum absolute atomic E-state index is 13.1. The van der Waals surface area contributed by atoms with Crippen LogP contribution in [0.5, 0.6) is 11.5 Å². The molecule has 386 valence electrons. The van der Waals surface area contributed by atoms with Crippen molar-refractivity contribution in [1.82, 2.24) is 14.0 Å². The Balaban J connectivity index is 0.000000260. The van der Waals surface area contributed by atoms with Gasteiger partial charge >= 0.3 is 17.8 Å². The maximum atomic E-state index is 13.1. The van der Waals surface area contributed by atoms with Gasteiger partial charge in [-0.3, -0.25) is 23.9 Å². The third kappa shape index (κ3) is 14.9. The van der Waals surface area contributed by atoms with Crippen molar-refractivity contribution in [2.45, 2.75) is 96.4 Å². The number of carbonyl (C=O) groups is 3. The van der Waals surface area contributed by atoms with Crippen LogP contribution >= 0.6 is 34.8 Å². The Morgan fingerprint density at radius 3 is 2.07 bits per heavy atom. The van der Waals surface area contributed by atoms with Crippen LogP contribution in [0, 0.1) is 0 Å². The van der Waals surface area contributed by atoms with E-state index in [9.17, 15) is 37.1 Å². The standard InChI is InChI=1S/C25H25F3N2O6.C14H20ClNO2.C11H13Cl2NO3/c1-5-16-6-7-17(20(12-16)36-15(2)23(32)34-4)14-35-19-10-8-18(9-11-19)30-22(31)13-21(25(26,27)28)29(3)24(30)33;1-4-11-7-6-8-12(5-2)14(11)16(10-18-3)13(17)9-15;1-11(2)14(10(15)9(12)13)6-8(17-11)7-4-3-5-16-7/h6-13,15H,5,14H2,1-4H3;6-8H,4-5,9-10H2,1-3H3;3-5,8-9H,6H2,1-2H3. The summed E-state index contributed by atoms with van der Waals surface area (Å²) in [5.41, 5.74) is 0.699. The van der Waals surface area contributed by atoms with E-state index in [4.69, 9.17) is 62.9 Å². The van der Waals surface area contributed by atoms with Crippen LogP contribution in [0.1, 0.15) is 81.4 Å². The van der Waals surface area contributed by atoms with Gasteiger partial charge in [-0.25, -0.2) is 14.2 Å². The second-order valence-electron chi connectivity index (χ2n) is 16.2. The van der Waals surface area contributed by atoms with Gasteiger partial charge in [-0.1, -0.05) is 74.3 Å². The molecule has 0 spiro atoms. The first-order valence-electron chi connectivity index (χ1n) is 22.3. The minimum Gasteiger partial charge on any atom is -0.489 e. The highest BCUT2D eigenvalue weighted by atomic mass is 35.5. The zero-order chi connectivity index (χ0) is 52.8. The highest BCUT2D eigenvalue weighted by molar-refractivity contribution is 6.53. The van der Waals surface area contributed by atoms with Crippen LogP contribution in [0.2, 0.25) is 0 Å². The second-order valence-corrected chi connectivity index (χ2v) is 17.6. The molecule has 0 N–H and O–H groups in total. The van der Waals surface area contributed by atoms with Gasteiger partial charge in [0.1, 0.15) is 54.0 Å². The Morgan fingerprint density at radius 2 is 1.55 bits per heavy atom. The second kappa shape index (κ2) is 26.1. The first-order chi connectivity index (χ1) is 33.6. The van der Waals surface area contributed by atoms with Crippen molar-refractivity contribution in [2.24, 2.45) is 7.05 Å². The number of halogens is 6. The topological polar surface area (TPSA) is 161 Å². The first-order valence-corrected chi connectivity index (χ1v) is 23.7. The number of carbonyl (C=O) groups excluding carboxylic acids is 3. The molecule has 6 rings (SSSR count). The Bertz CT molecular complexity index is 2670. The molecule has 0 aliphatic carbocycles. The van der Waals surface area contributed by atoms with Gasteiger partial charge in [0, 0.05) is 25.8 Å². The van der Waals surface area contributed by atoms with Crippen LogP contribution < -0.4 is 25.6 Å². The number of rotatable bonds is 16. The molecule has 2 atom stereocenters. The zero-order valence-electron chi connectivity index (χ0n) is 40.8. The van der Waals surface area contributed by atoms with Gasteiger partial charge in [-0.05, 0) is 99.2 Å². The number of alkyl halides is 6. The number of esters is 1. The van der Waals surface area contributed by atoms with Crippen molar-refractivity contribution in [3.05, 3.63) is 140 Å². The number of benzene rings is 3. The molecule has 21 heteroatoms. The van der Waals surface area contributed by atoms with Gasteiger partial charge in [-0.15, -0.1) is 11.6 Å². The number of aromatic nitrogens is 2. The number of nitrogens with zero attached hydrogens (tertiary/aromatic N) is 4. The van der Waals surface area contributed by atoms with E-state index in [0.29, 0.717) is 44.6 Å². The third-order valence-corrected chi connectivity index (χ3v) is 11.7. The SMILES string of the molecule is CC1(C)OC(c2ccco2)CN1C(=O)C(Cl)Cl.CCc1ccc(COc2ccc(-n3c(=O)cc(C(F)(F)F)n(C)c3=O)cc2)c(OC(C)C(=O)OC)c1.CCc1cccc(CC)c1N(COC)C(=O)CCl. The summed E-state index contributed by atoms with van der Waals surface area (Å²) in [7, 11) is 3.80. The van der Waals surface area contributed by atoms with Crippen molar-refractivity contribution in [3.63, 3.8) is 0 Å². The van der Waals surface area contributed by atoms with Crippen LogP contribution in [0.25, 0.3) is 5.69 Å². The predicted molar refractivity (Wildman–Crippen MR) is 264 cm³/mol. The van der Waals surface area contributed by atoms with Gasteiger partial charge in [-0.2, -0.15) is 13.2 Å². The van der Waals surface area contributed by atoms with Gasteiger partial charge in [0.2, 0.25) is 5.91 Å². The number of methoxy groups -OCH3 is 2. The molecule has 2 aromatic heterocycles. The Hall–Kier alpha value is -5.79. The summed E-state index contributed by atoms with van der Waals surface area (Å²) in [6, 6.07) is 21.4. The van der Waals surface area contributed by atoms with E-state index >= 15 is 0 Å². The molecule has 0 radical (unpaired) electrons. The number of amides is 2. The molecule has 1 fully saturated rings. The largest absolute Gasteiger partial charge is 0.489 e. The van der Waals surface area contributed by atoms with Crippen LogP contribution in [0.3, 0.4) is 0 Å². The Morgan fingerprint density at radius 1 is 0.901 bits per heavy atom. The molecule has 15 nitrogen and oxygen atoms in total. The van der Waals surface area contributed by atoms with E-state index in [1.165, 1.54) is 36.3 Å². The summed E-state index contributed by atoms with van der Waals surface area (Å²) >= 11 is 16.9. The molecule has 1 aliphatic heterocycles. The molecule has 1 saturated heterocycles. The lowest BCUT2D eigenvalue weighted by molar-refractivity contribution is -0.148. The normalized spacial score (nSPS) is 14.4. The van der Waals surface area contributed by atoms with Gasteiger partial charge < -0.3 is 33.0 Å². The fraction of sp³-hybridized carbons (Fsp3) is 0.420. The summed E-state index contributed by atoms with van der Waals surface area (Å²) < 4.78 is 72.6. The Labute approximate surface area is 424 Å². The van der Waals surface area contributed by atoms with Crippen LogP contribution in [-0.4, -0.2) is 81.9 Å². The molecule has 2 amide bonds. The average Bonchev–Trinajstić information content (AvgIpc) is 4.01. The molecule has 5 aromatic rings. The molecular weight excluding hydrogens is 996 g/mol. The lowest BCUT2D eigenvalue weighted by Crippen LogP contribution is -2.45. The zero-order valence-corrected chi connectivity index (χ0v) is 43.1. The highest BCUT2D eigenvalue weighted by Gasteiger charge is 2.45. The number of hydrogen-bond acceptors (Lipinski definition) is 11. The van der Waals surface area contributed by atoms with E-state index in [1.54, 1.807) is 45.1 Å². The van der Waals surface area contributed by atoms with E-state index in [0.717, 1.165) is 48.7 Å². The lowest BCUT2D eigenvalue weighted by atomic mass is 10.0. The van der Waals surface area contributed by atoms with Crippen LogP contribution in [0.15, 0.2) is 99.1 Å². The quantitative estimate of drug-likeness (QED) is 0.0526. The minimum atomic E-state index is -4.84. The smallest absolute Gasteiger partial charge is 0.431 e. The van der Waals surface area contributed by atoms with E-state index in [1.807, 2.05) is 49.4 Å². The van der Waals surface area contributed by atoms with Gasteiger partial charge in [0.25, 0.3) is 11.5 Å². The number of furan rings is 1. The molecule has 2 unspecified atom stereocenters. The monoisotopic (exact) mass is 1050 g/mol. The number of aryl methyl sites for hydroxylation is 3. The number of ether oxygens (including phenoxy) is 5. The number of para-hydroxylation sites is 1. The van der Waals surface area contributed by atoms with Gasteiger partial charge in [0.05, 0.1) is 31.3 Å². The third-order valence-electron chi connectivity index (χ3n) is 11.1. The van der Waals surface area contributed by atoms with Crippen molar-refractivity contribution >= 4 is 58.3 Å². The van der Waals surface area contributed by atoms with E-state index < -0.39 is 45.8 Å². The van der Waals surface area contributed by atoms with Gasteiger partial charge in [0.15, 0.2) is 10.9 Å². The Kier molecular flexibility index (Phi) is 21.2. The first kappa shape index (κ1) is 57.8. The molecule has 3 heterocycles. The van der Waals surface area contributed by atoms with E-state index in [-0.39, 0.29) is 42.8 Å². The average molecular weight is 1050 g/mol. The molecule has 1 aliphatic rings. The summed E-state index contributed by atoms with van der Waals surface area (Å²) in [6.07, 6.45) is -1.87. The van der Waals surface area contributed by atoms with Crippen LogP contribution in [-0.2, 0) is 67.7 Å². The fourth-order valence-electron chi connectivity index (χ4n) is 7.39. The minimum absolute atomic E-state index is 0.0371. The van der Waals surface area contributed by atoms with E-state index in [2.05, 4.69) is 13.8 Å². The fourth-order valence-corrected chi connectivity index (χ4v) is 7.77. The summed E-state index contributed by atoms with van der Waals surface area (Å²) in [5, 5.41) is 0. The number of anilines is 1.